The molecule has 0 saturated carbocycles. The molecule has 0 aliphatic carbocycles. The van der Waals surface area contributed by atoms with Crippen LogP contribution in [0.4, 0.5) is 26.3 Å². The van der Waals surface area contributed by atoms with Gasteiger partial charge in [-0.05, 0) is 0 Å². The molecule has 0 rings (SSSR count). The Morgan fingerprint density at radius 2 is 1.06 bits per heavy atom. The Morgan fingerprint density at radius 1 is 0.778 bits per heavy atom. The number of alkyl halides is 6. The van der Waals surface area contributed by atoms with Gasteiger partial charge in [-0.15, -0.1) is 0 Å². The standard InChI is InChI=1S/C8H4F6O4/c9-7(10,11)5(15)17-3-1-2-4-18-6(16)8(12,13)14/h3-4H2. The minimum Gasteiger partial charge on any atom is -0.446 e. The molecule has 18 heavy (non-hydrogen) atoms. The van der Waals surface area contributed by atoms with E-state index in [1.165, 1.54) is 0 Å². The summed E-state index contributed by atoms with van der Waals surface area (Å²) in [5, 5.41) is 0. The number of carbonyl (C=O) groups excluding carboxylic acids is 2. The van der Waals surface area contributed by atoms with Gasteiger partial charge in [-0.25, -0.2) is 9.59 Å². The molecule has 10 heteroatoms. The summed E-state index contributed by atoms with van der Waals surface area (Å²) < 4.78 is 76.4. The Hall–Kier alpha value is -1.92. The van der Waals surface area contributed by atoms with Gasteiger partial charge in [-0.3, -0.25) is 0 Å². The van der Waals surface area contributed by atoms with Gasteiger partial charge in [0.2, 0.25) is 0 Å². The lowest BCUT2D eigenvalue weighted by atomic mass is 10.6. The fourth-order valence-corrected chi connectivity index (χ4v) is 0.469. The maximum absolute atomic E-state index is 11.5. The summed E-state index contributed by atoms with van der Waals surface area (Å²) in [4.78, 5) is 20.2. The number of hydrogen-bond donors (Lipinski definition) is 0. The van der Waals surface area contributed by atoms with Crippen LogP contribution in [0.2, 0.25) is 0 Å². The van der Waals surface area contributed by atoms with Gasteiger partial charge in [-0.2, -0.15) is 26.3 Å². The molecule has 0 aromatic heterocycles. The fraction of sp³-hybridized carbons (Fsp3) is 0.500. The molecule has 0 amide bonds. The zero-order chi connectivity index (χ0) is 14.4. The molecule has 0 aliphatic rings. The van der Waals surface area contributed by atoms with Crippen molar-refractivity contribution in [3.63, 3.8) is 0 Å². The lowest BCUT2D eigenvalue weighted by molar-refractivity contribution is -0.198. The summed E-state index contributed by atoms with van der Waals surface area (Å²) >= 11 is 0. The van der Waals surface area contributed by atoms with Crippen LogP contribution in [0.5, 0.6) is 0 Å². The largest absolute Gasteiger partial charge is 0.490 e. The van der Waals surface area contributed by atoms with Crippen molar-refractivity contribution in [3.05, 3.63) is 0 Å². The third kappa shape index (κ3) is 6.62. The average molecular weight is 278 g/mol. The number of carbonyl (C=O) groups is 2. The van der Waals surface area contributed by atoms with Crippen LogP contribution >= 0.6 is 0 Å². The van der Waals surface area contributed by atoms with E-state index in [-0.39, 0.29) is 0 Å². The van der Waals surface area contributed by atoms with Crippen LogP contribution in [-0.2, 0) is 19.1 Å². The van der Waals surface area contributed by atoms with Gasteiger partial charge in [0.15, 0.2) is 13.2 Å². The van der Waals surface area contributed by atoms with Crippen LogP contribution in [0, 0.1) is 11.8 Å². The Morgan fingerprint density at radius 3 is 1.28 bits per heavy atom. The van der Waals surface area contributed by atoms with Crippen LogP contribution in [0.1, 0.15) is 0 Å². The average Bonchev–Trinajstić information content (AvgIpc) is 2.19. The quantitative estimate of drug-likeness (QED) is 0.432. The maximum Gasteiger partial charge on any atom is 0.490 e. The monoisotopic (exact) mass is 278 g/mol. The van der Waals surface area contributed by atoms with E-state index in [1.807, 2.05) is 0 Å². The lowest BCUT2D eigenvalue weighted by Gasteiger charge is -2.04. The van der Waals surface area contributed by atoms with Gasteiger partial charge < -0.3 is 9.47 Å². The van der Waals surface area contributed by atoms with Gasteiger partial charge in [-0.1, -0.05) is 11.8 Å². The first-order valence-corrected chi connectivity index (χ1v) is 3.98. The Balaban J connectivity index is 3.89. The van der Waals surface area contributed by atoms with Crippen molar-refractivity contribution in [2.24, 2.45) is 0 Å². The Bertz CT molecular complexity index is 338. The van der Waals surface area contributed by atoms with E-state index in [0.29, 0.717) is 0 Å². The lowest BCUT2D eigenvalue weighted by Crippen LogP contribution is -2.26. The summed E-state index contributed by atoms with van der Waals surface area (Å²) in [5.41, 5.74) is 0. The molecule has 0 aromatic carbocycles. The van der Waals surface area contributed by atoms with E-state index in [9.17, 15) is 35.9 Å². The number of hydrogen-bond acceptors (Lipinski definition) is 4. The molecule has 0 N–H and O–H groups in total. The first-order valence-electron chi connectivity index (χ1n) is 3.98. The minimum absolute atomic E-state index is 0.984. The highest BCUT2D eigenvalue weighted by atomic mass is 19.4. The second-order valence-electron chi connectivity index (χ2n) is 2.50. The van der Waals surface area contributed by atoms with E-state index in [0.717, 1.165) is 0 Å². The molecular formula is C8H4F6O4. The Kier molecular flexibility index (Phi) is 5.48. The van der Waals surface area contributed by atoms with Crippen LogP contribution in [0.3, 0.4) is 0 Å². The molecule has 0 unspecified atom stereocenters. The summed E-state index contributed by atoms with van der Waals surface area (Å²) in [6.07, 6.45) is -10.4. The zero-order valence-corrected chi connectivity index (χ0v) is 8.31. The number of ether oxygens (including phenoxy) is 2. The van der Waals surface area contributed by atoms with Crippen LogP contribution in [0.15, 0.2) is 0 Å². The van der Waals surface area contributed by atoms with Crippen LogP contribution < -0.4 is 0 Å². The third-order valence-corrected chi connectivity index (χ3v) is 1.14. The molecule has 0 spiro atoms. The molecule has 0 heterocycles. The normalized spacial score (nSPS) is 11.2. The van der Waals surface area contributed by atoms with E-state index in [2.05, 4.69) is 9.47 Å². The van der Waals surface area contributed by atoms with Crippen molar-refractivity contribution in [1.29, 1.82) is 0 Å². The summed E-state index contributed by atoms with van der Waals surface area (Å²) in [7, 11) is 0. The van der Waals surface area contributed by atoms with Crippen molar-refractivity contribution in [1.82, 2.24) is 0 Å². The summed E-state index contributed by atoms with van der Waals surface area (Å²) in [6, 6.07) is 0. The zero-order valence-electron chi connectivity index (χ0n) is 8.31. The second-order valence-corrected chi connectivity index (χ2v) is 2.50. The smallest absolute Gasteiger partial charge is 0.446 e. The molecule has 0 fully saturated rings. The van der Waals surface area contributed by atoms with E-state index < -0.39 is 37.5 Å². The molecule has 0 aromatic rings. The summed E-state index contributed by atoms with van der Waals surface area (Å²) in [6.45, 7) is -1.97. The van der Waals surface area contributed by atoms with Crippen LogP contribution in [0.25, 0.3) is 0 Å². The molecule has 0 atom stereocenters. The topological polar surface area (TPSA) is 52.6 Å². The van der Waals surface area contributed by atoms with Crippen molar-refractivity contribution >= 4 is 11.9 Å². The van der Waals surface area contributed by atoms with Gasteiger partial charge in [0.05, 0.1) is 0 Å². The first-order chi connectivity index (χ1) is 8.05. The Labute approximate surface area is 95.8 Å². The van der Waals surface area contributed by atoms with Crippen LogP contribution in [-0.4, -0.2) is 37.5 Å². The first kappa shape index (κ1) is 16.1. The molecule has 0 bridgehead atoms. The molecule has 0 aliphatic heterocycles. The maximum atomic E-state index is 11.5. The van der Waals surface area contributed by atoms with Gasteiger partial charge in [0, 0.05) is 0 Å². The third-order valence-electron chi connectivity index (χ3n) is 1.14. The predicted octanol–water partition coefficient (Wildman–Crippen LogP) is 1.20. The van der Waals surface area contributed by atoms with Crippen molar-refractivity contribution in [3.8, 4) is 11.8 Å². The van der Waals surface area contributed by atoms with E-state index in [1.54, 1.807) is 11.8 Å². The minimum atomic E-state index is -5.18. The van der Waals surface area contributed by atoms with Crippen molar-refractivity contribution in [2.75, 3.05) is 13.2 Å². The molecule has 0 saturated heterocycles. The highest BCUT2D eigenvalue weighted by Gasteiger charge is 2.41. The van der Waals surface area contributed by atoms with Gasteiger partial charge in [0.25, 0.3) is 0 Å². The molecule has 0 radical (unpaired) electrons. The van der Waals surface area contributed by atoms with Gasteiger partial charge >= 0.3 is 24.3 Å². The van der Waals surface area contributed by atoms with Crippen molar-refractivity contribution in [2.45, 2.75) is 12.4 Å². The molecule has 102 valence electrons. The van der Waals surface area contributed by atoms with E-state index in [4.69, 9.17) is 0 Å². The second kappa shape index (κ2) is 6.13. The SMILES string of the molecule is O=C(OCC#CCOC(=O)C(F)(F)F)C(F)(F)F. The van der Waals surface area contributed by atoms with Crippen molar-refractivity contribution < 1.29 is 45.4 Å². The summed E-state index contributed by atoms with van der Waals surface area (Å²) in [5.74, 6) is -1.45. The van der Waals surface area contributed by atoms with E-state index >= 15 is 0 Å². The number of halogens is 6. The fourth-order valence-electron chi connectivity index (χ4n) is 0.469. The molecular weight excluding hydrogens is 274 g/mol. The molecule has 4 nitrogen and oxygen atoms in total. The number of esters is 2. The highest BCUT2D eigenvalue weighted by molar-refractivity contribution is 5.76. The highest BCUT2D eigenvalue weighted by Crippen LogP contribution is 2.16. The predicted molar refractivity (Wildman–Crippen MR) is 41.8 cm³/mol. The number of rotatable bonds is 2. The van der Waals surface area contributed by atoms with Gasteiger partial charge in [0.1, 0.15) is 0 Å².